The molecule has 26 heavy (non-hydrogen) atoms. The lowest BCUT2D eigenvalue weighted by molar-refractivity contribution is -0.145. The van der Waals surface area contributed by atoms with Gasteiger partial charge < -0.3 is 13.9 Å². The third kappa shape index (κ3) is 3.57. The predicted molar refractivity (Wildman–Crippen MR) is 98.0 cm³/mol. The molecule has 0 amide bonds. The zero-order valence-electron chi connectivity index (χ0n) is 14.3. The van der Waals surface area contributed by atoms with Crippen LogP contribution in [0.4, 0.5) is 0 Å². The highest BCUT2D eigenvalue weighted by Gasteiger charge is 2.22. The number of fused-ring (bicyclic) bond motifs is 1. The fourth-order valence-electron chi connectivity index (χ4n) is 2.96. The Bertz CT molecular complexity index is 988. The van der Waals surface area contributed by atoms with Crippen molar-refractivity contribution in [3.63, 3.8) is 0 Å². The molecule has 1 atom stereocenters. The molecule has 132 valence electrons. The molecule has 0 N–H and O–H groups in total. The van der Waals surface area contributed by atoms with Gasteiger partial charge in [0.15, 0.2) is 0 Å². The van der Waals surface area contributed by atoms with Crippen LogP contribution in [0.5, 0.6) is 0 Å². The molecule has 1 heterocycles. The van der Waals surface area contributed by atoms with Gasteiger partial charge in [-0.2, -0.15) is 0 Å². The minimum Gasteiger partial charge on any atom is -0.466 e. The molecule has 3 aromatic rings. The van der Waals surface area contributed by atoms with E-state index in [0.717, 1.165) is 16.5 Å². The van der Waals surface area contributed by atoms with E-state index in [1.54, 1.807) is 25.1 Å². The second-order valence-corrected chi connectivity index (χ2v) is 5.81. The van der Waals surface area contributed by atoms with Gasteiger partial charge in [-0.15, -0.1) is 0 Å². The van der Waals surface area contributed by atoms with Crippen molar-refractivity contribution in [1.82, 2.24) is 0 Å². The van der Waals surface area contributed by atoms with E-state index in [2.05, 4.69) is 0 Å². The van der Waals surface area contributed by atoms with E-state index in [0.29, 0.717) is 17.4 Å². The third-order valence-corrected chi connectivity index (χ3v) is 4.16. The molecule has 0 radical (unpaired) electrons. The summed E-state index contributed by atoms with van der Waals surface area (Å²) >= 11 is 0. The second-order valence-electron chi connectivity index (χ2n) is 5.81. The number of aldehydes is 1. The Kier molecular flexibility index (Phi) is 5.27. The van der Waals surface area contributed by atoms with Gasteiger partial charge in [0.1, 0.15) is 11.9 Å². The van der Waals surface area contributed by atoms with E-state index in [9.17, 15) is 14.4 Å². The van der Waals surface area contributed by atoms with Crippen molar-refractivity contribution in [2.24, 2.45) is 0 Å². The molecule has 0 fully saturated rings. The Labute approximate surface area is 150 Å². The Balaban J connectivity index is 2.13. The smallest absolute Gasteiger partial charge is 0.336 e. The molecule has 1 aromatic heterocycles. The first-order valence-electron chi connectivity index (χ1n) is 8.37. The first-order chi connectivity index (χ1) is 12.6. The zero-order chi connectivity index (χ0) is 18.5. The number of carbonyl (C=O) groups excluding carboxylic acids is 2. The molecular weight excluding hydrogens is 332 g/mol. The number of benzene rings is 2. The molecule has 0 aliphatic heterocycles. The van der Waals surface area contributed by atoms with Crippen molar-refractivity contribution >= 4 is 23.2 Å². The number of hydrogen-bond donors (Lipinski definition) is 0. The molecule has 0 aliphatic rings. The molecule has 0 saturated heterocycles. The summed E-state index contributed by atoms with van der Waals surface area (Å²) in [6, 6.07) is 16.2. The third-order valence-electron chi connectivity index (χ3n) is 4.16. The predicted octanol–water partition coefficient (Wildman–Crippen LogP) is 3.70. The average molecular weight is 350 g/mol. The Morgan fingerprint density at radius 2 is 1.92 bits per heavy atom. The lowest BCUT2D eigenvalue weighted by Crippen LogP contribution is -2.16. The summed E-state index contributed by atoms with van der Waals surface area (Å²) in [5.41, 5.74) is 2.13. The van der Waals surface area contributed by atoms with Gasteiger partial charge >= 0.3 is 11.6 Å². The summed E-state index contributed by atoms with van der Waals surface area (Å²) in [4.78, 5) is 35.1. The van der Waals surface area contributed by atoms with E-state index >= 15 is 0 Å². The average Bonchev–Trinajstić information content (AvgIpc) is 2.65. The highest BCUT2D eigenvalue weighted by Crippen LogP contribution is 2.30. The van der Waals surface area contributed by atoms with E-state index in [1.807, 2.05) is 30.3 Å². The Morgan fingerprint density at radius 3 is 2.62 bits per heavy atom. The summed E-state index contributed by atoms with van der Waals surface area (Å²) in [5, 5.41) is 0.758. The second kappa shape index (κ2) is 7.78. The van der Waals surface area contributed by atoms with Crippen LogP contribution >= 0.6 is 0 Å². The minimum atomic E-state index is -0.720. The van der Waals surface area contributed by atoms with Crippen molar-refractivity contribution in [3.8, 4) is 11.1 Å². The maximum absolute atomic E-state index is 12.2. The number of esters is 1. The summed E-state index contributed by atoms with van der Waals surface area (Å²) in [6.45, 7) is 1.94. The maximum atomic E-state index is 12.2. The number of hydrogen-bond acceptors (Lipinski definition) is 5. The molecule has 5 nitrogen and oxygen atoms in total. The monoisotopic (exact) mass is 350 g/mol. The number of rotatable bonds is 6. The number of ether oxygens (including phenoxy) is 1. The van der Waals surface area contributed by atoms with Crippen LogP contribution in [-0.2, 0) is 14.3 Å². The van der Waals surface area contributed by atoms with Gasteiger partial charge in [-0.05, 0) is 29.7 Å². The van der Waals surface area contributed by atoms with Crippen molar-refractivity contribution in [2.45, 2.75) is 19.3 Å². The molecule has 2 aromatic carbocycles. The number of carbonyl (C=O) groups is 2. The van der Waals surface area contributed by atoms with Crippen LogP contribution in [-0.4, -0.2) is 18.9 Å². The molecule has 3 rings (SSSR count). The van der Waals surface area contributed by atoms with Gasteiger partial charge in [0.2, 0.25) is 0 Å². The normalized spacial score (nSPS) is 11.9. The first kappa shape index (κ1) is 17.6. The SMILES string of the molecule is CCOC(=O)C(CC=O)c1ccc2c(-c3ccccc3)cc(=O)oc2c1. The van der Waals surface area contributed by atoms with Crippen molar-refractivity contribution < 1.29 is 18.7 Å². The summed E-state index contributed by atoms with van der Waals surface area (Å²) < 4.78 is 10.4. The van der Waals surface area contributed by atoms with Gasteiger partial charge in [-0.3, -0.25) is 4.79 Å². The molecule has 0 bridgehead atoms. The molecule has 0 aliphatic carbocycles. The molecule has 1 unspecified atom stereocenters. The lowest BCUT2D eigenvalue weighted by atomic mass is 9.94. The first-order valence-corrected chi connectivity index (χ1v) is 8.37. The largest absolute Gasteiger partial charge is 0.466 e. The van der Waals surface area contributed by atoms with Crippen LogP contribution in [0.3, 0.4) is 0 Å². The summed E-state index contributed by atoms with van der Waals surface area (Å²) in [5.74, 6) is -1.19. The van der Waals surface area contributed by atoms with E-state index < -0.39 is 17.5 Å². The van der Waals surface area contributed by atoms with Crippen LogP contribution in [0, 0.1) is 0 Å². The fourth-order valence-corrected chi connectivity index (χ4v) is 2.96. The standard InChI is InChI=1S/C21H18O5/c1-2-25-21(24)16(10-11-22)15-8-9-17-18(14-6-4-3-5-7-14)13-20(23)26-19(17)12-15/h3-9,11-13,16H,2,10H2,1H3. The van der Waals surface area contributed by atoms with Gasteiger partial charge in [0, 0.05) is 17.9 Å². The Morgan fingerprint density at radius 1 is 1.15 bits per heavy atom. The maximum Gasteiger partial charge on any atom is 0.336 e. The van der Waals surface area contributed by atoms with E-state index in [-0.39, 0.29) is 13.0 Å². The fraction of sp³-hybridized carbons (Fsp3) is 0.190. The Hall–Kier alpha value is -3.21. The molecule has 5 heteroatoms. The molecular formula is C21H18O5. The van der Waals surface area contributed by atoms with Gasteiger partial charge in [0.25, 0.3) is 0 Å². The molecule has 0 saturated carbocycles. The summed E-state index contributed by atoms with van der Waals surface area (Å²) in [6.07, 6.45) is 0.690. The zero-order valence-corrected chi connectivity index (χ0v) is 14.3. The quantitative estimate of drug-likeness (QED) is 0.385. The molecule has 0 spiro atoms. The summed E-state index contributed by atoms with van der Waals surface area (Å²) in [7, 11) is 0. The van der Waals surface area contributed by atoms with Crippen molar-refractivity contribution in [3.05, 3.63) is 70.6 Å². The van der Waals surface area contributed by atoms with Crippen molar-refractivity contribution in [1.29, 1.82) is 0 Å². The van der Waals surface area contributed by atoms with E-state index in [4.69, 9.17) is 9.15 Å². The van der Waals surface area contributed by atoms with Crippen LogP contribution < -0.4 is 5.63 Å². The van der Waals surface area contributed by atoms with Crippen LogP contribution in [0.15, 0.2) is 63.8 Å². The topological polar surface area (TPSA) is 73.6 Å². The lowest BCUT2D eigenvalue weighted by Gasteiger charge is -2.14. The van der Waals surface area contributed by atoms with Crippen LogP contribution in [0.2, 0.25) is 0 Å². The van der Waals surface area contributed by atoms with Crippen molar-refractivity contribution in [2.75, 3.05) is 6.61 Å². The van der Waals surface area contributed by atoms with Crippen LogP contribution in [0.25, 0.3) is 22.1 Å². The van der Waals surface area contributed by atoms with E-state index in [1.165, 1.54) is 6.07 Å². The highest BCUT2D eigenvalue weighted by atomic mass is 16.5. The van der Waals surface area contributed by atoms with Crippen LogP contribution in [0.1, 0.15) is 24.8 Å². The highest BCUT2D eigenvalue weighted by molar-refractivity contribution is 5.94. The van der Waals surface area contributed by atoms with Gasteiger partial charge in [-0.25, -0.2) is 4.79 Å². The van der Waals surface area contributed by atoms with Gasteiger partial charge in [-0.1, -0.05) is 42.5 Å². The van der Waals surface area contributed by atoms with Gasteiger partial charge in [0.05, 0.1) is 12.5 Å². The minimum absolute atomic E-state index is 0.00689.